The second-order valence-corrected chi connectivity index (χ2v) is 13.6. The largest absolute Gasteiger partial charge is 0.296 e. The molecule has 9 rings (SSSR count). The third-order valence-corrected chi connectivity index (χ3v) is 10.4. The smallest absolute Gasteiger partial charge is 0.0281 e. The van der Waals surface area contributed by atoms with E-state index in [9.17, 15) is 0 Å². The minimum atomic E-state index is -0.116. The highest BCUT2D eigenvalue weighted by molar-refractivity contribution is 6.22. The van der Waals surface area contributed by atoms with Gasteiger partial charge in [-0.2, -0.15) is 0 Å². The summed E-state index contributed by atoms with van der Waals surface area (Å²) < 4.78 is 0. The molecule has 0 atom stereocenters. The molecule has 0 N–H and O–H groups in total. The first-order valence-electron chi connectivity index (χ1n) is 16.8. The van der Waals surface area contributed by atoms with Gasteiger partial charge in [0.1, 0.15) is 0 Å². The minimum Gasteiger partial charge on any atom is -0.296 e. The number of hydrogen-bond donors (Lipinski definition) is 0. The van der Waals surface area contributed by atoms with E-state index in [1.54, 1.807) is 0 Å². The molecule has 0 amide bonds. The molecular formula is C47H35N. The molecule has 0 fully saturated rings. The SMILES string of the molecule is CN=Cc1ccc2c(c1)C(C)(C)c1cc(-c3c4ccccc4c(-c4ccc5cc(-c6ccccc6)ccc5c4)c4ccccc34)ccc1-2. The summed E-state index contributed by atoms with van der Waals surface area (Å²) in [4.78, 5) is 4.27. The van der Waals surface area contributed by atoms with E-state index < -0.39 is 0 Å². The number of fused-ring (bicyclic) bond motifs is 6. The van der Waals surface area contributed by atoms with E-state index in [1.807, 2.05) is 13.3 Å². The lowest BCUT2D eigenvalue weighted by Gasteiger charge is -2.23. The molecule has 0 aromatic heterocycles. The van der Waals surface area contributed by atoms with Gasteiger partial charge in [-0.3, -0.25) is 4.99 Å². The van der Waals surface area contributed by atoms with Gasteiger partial charge in [-0.1, -0.05) is 141 Å². The first kappa shape index (κ1) is 28.4. The van der Waals surface area contributed by atoms with Gasteiger partial charge in [0.05, 0.1) is 0 Å². The summed E-state index contributed by atoms with van der Waals surface area (Å²) in [5, 5.41) is 7.61. The van der Waals surface area contributed by atoms with Gasteiger partial charge in [0, 0.05) is 18.7 Å². The fourth-order valence-electron chi connectivity index (χ4n) is 8.10. The van der Waals surface area contributed by atoms with Crippen molar-refractivity contribution in [2.45, 2.75) is 19.3 Å². The van der Waals surface area contributed by atoms with Crippen molar-refractivity contribution in [3.63, 3.8) is 0 Å². The quantitative estimate of drug-likeness (QED) is 0.138. The number of aliphatic imine (C=N–C) groups is 1. The van der Waals surface area contributed by atoms with Gasteiger partial charge in [0.25, 0.3) is 0 Å². The van der Waals surface area contributed by atoms with E-state index in [1.165, 1.54) is 88.0 Å². The predicted molar refractivity (Wildman–Crippen MR) is 206 cm³/mol. The van der Waals surface area contributed by atoms with Crippen molar-refractivity contribution < 1.29 is 0 Å². The van der Waals surface area contributed by atoms with Crippen molar-refractivity contribution in [3.05, 3.63) is 168 Å². The van der Waals surface area contributed by atoms with Gasteiger partial charge in [0.15, 0.2) is 0 Å². The molecule has 0 saturated heterocycles. The molecule has 0 spiro atoms. The Kier molecular flexibility index (Phi) is 6.45. The van der Waals surface area contributed by atoms with Crippen LogP contribution < -0.4 is 0 Å². The highest BCUT2D eigenvalue weighted by Crippen LogP contribution is 2.51. The zero-order valence-corrected chi connectivity index (χ0v) is 27.5. The van der Waals surface area contributed by atoms with Crippen LogP contribution >= 0.6 is 0 Å². The van der Waals surface area contributed by atoms with Gasteiger partial charge in [-0.05, 0) is 118 Å². The summed E-state index contributed by atoms with van der Waals surface area (Å²) in [6.07, 6.45) is 1.95. The summed E-state index contributed by atoms with van der Waals surface area (Å²) in [7, 11) is 1.83. The van der Waals surface area contributed by atoms with Gasteiger partial charge >= 0.3 is 0 Å². The fourth-order valence-corrected chi connectivity index (χ4v) is 8.10. The molecule has 8 aromatic carbocycles. The Bertz CT molecular complexity index is 2530. The summed E-state index contributed by atoms with van der Waals surface area (Å²) in [6, 6.07) is 56.2. The lowest BCUT2D eigenvalue weighted by atomic mass is 9.80. The van der Waals surface area contributed by atoms with Crippen LogP contribution in [-0.4, -0.2) is 13.3 Å². The van der Waals surface area contributed by atoms with Crippen LogP contribution in [0.4, 0.5) is 0 Å². The van der Waals surface area contributed by atoms with Crippen LogP contribution in [0.5, 0.6) is 0 Å². The Morgan fingerprint density at radius 2 is 0.917 bits per heavy atom. The molecule has 1 nitrogen and oxygen atoms in total. The van der Waals surface area contributed by atoms with Crippen LogP contribution in [0.15, 0.2) is 157 Å². The predicted octanol–water partition coefficient (Wildman–Crippen LogP) is 12.5. The summed E-state index contributed by atoms with van der Waals surface area (Å²) >= 11 is 0. The Labute approximate surface area is 281 Å². The normalized spacial score (nSPS) is 13.4. The van der Waals surface area contributed by atoms with Gasteiger partial charge in [-0.15, -0.1) is 0 Å². The maximum atomic E-state index is 4.27. The molecule has 0 saturated carbocycles. The molecule has 48 heavy (non-hydrogen) atoms. The molecule has 1 aliphatic rings. The maximum Gasteiger partial charge on any atom is 0.0281 e. The fraction of sp³-hybridized carbons (Fsp3) is 0.0851. The topological polar surface area (TPSA) is 12.4 Å². The second kappa shape index (κ2) is 10.9. The molecule has 0 unspecified atom stereocenters. The summed E-state index contributed by atoms with van der Waals surface area (Å²) in [5.41, 5.74) is 14.0. The summed E-state index contributed by atoms with van der Waals surface area (Å²) in [6.45, 7) is 4.71. The monoisotopic (exact) mass is 613 g/mol. The third kappa shape index (κ3) is 4.35. The number of rotatable bonds is 4. The zero-order chi connectivity index (χ0) is 32.4. The van der Waals surface area contributed by atoms with Crippen LogP contribution in [0.3, 0.4) is 0 Å². The van der Waals surface area contributed by atoms with E-state index >= 15 is 0 Å². The van der Waals surface area contributed by atoms with Crippen molar-refractivity contribution in [3.8, 4) is 44.5 Å². The van der Waals surface area contributed by atoms with Crippen molar-refractivity contribution in [2.75, 3.05) is 7.05 Å². The number of hydrogen-bond acceptors (Lipinski definition) is 1. The van der Waals surface area contributed by atoms with Crippen LogP contribution in [-0.2, 0) is 5.41 Å². The van der Waals surface area contributed by atoms with Crippen LogP contribution in [0, 0.1) is 0 Å². The first-order valence-corrected chi connectivity index (χ1v) is 16.8. The Balaban J connectivity index is 1.23. The third-order valence-electron chi connectivity index (χ3n) is 10.4. The highest BCUT2D eigenvalue weighted by atomic mass is 14.6. The Morgan fingerprint density at radius 3 is 1.52 bits per heavy atom. The number of benzene rings is 8. The highest BCUT2D eigenvalue weighted by Gasteiger charge is 2.36. The van der Waals surface area contributed by atoms with E-state index in [4.69, 9.17) is 0 Å². The molecule has 0 aliphatic heterocycles. The van der Waals surface area contributed by atoms with Crippen molar-refractivity contribution >= 4 is 38.5 Å². The molecule has 0 bridgehead atoms. The molecule has 0 heterocycles. The molecule has 8 aromatic rings. The molecule has 228 valence electrons. The minimum absolute atomic E-state index is 0.116. The van der Waals surface area contributed by atoms with Crippen LogP contribution in [0.25, 0.3) is 76.8 Å². The van der Waals surface area contributed by atoms with E-state index in [-0.39, 0.29) is 5.41 Å². The Hall–Kier alpha value is -5.79. The lowest BCUT2D eigenvalue weighted by Crippen LogP contribution is -2.15. The molecular weight excluding hydrogens is 579 g/mol. The molecule has 1 aliphatic carbocycles. The van der Waals surface area contributed by atoms with Gasteiger partial charge in [0.2, 0.25) is 0 Å². The standard InChI is InChI=1S/C47H35N/c1-47(2)43-25-30(29-48-3)17-23-37(43)38-24-22-36(28-44(38)47)46-41-15-9-7-13-39(41)45(40-14-8-10-16-42(40)46)35-21-20-33-26-32(18-19-34(33)27-35)31-11-5-4-6-12-31/h4-29H,1-3H3. The van der Waals surface area contributed by atoms with E-state index in [0.717, 1.165) is 5.56 Å². The second-order valence-electron chi connectivity index (χ2n) is 13.6. The van der Waals surface area contributed by atoms with Gasteiger partial charge < -0.3 is 0 Å². The lowest BCUT2D eigenvalue weighted by molar-refractivity contribution is 0.660. The molecule has 0 radical (unpaired) electrons. The van der Waals surface area contributed by atoms with Crippen molar-refractivity contribution in [2.24, 2.45) is 4.99 Å². The number of nitrogens with zero attached hydrogens (tertiary/aromatic N) is 1. The maximum absolute atomic E-state index is 4.27. The summed E-state index contributed by atoms with van der Waals surface area (Å²) in [5.74, 6) is 0. The van der Waals surface area contributed by atoms with Crippen molar-refractivity contribution in [1.29, 1.82) is 0 Å². The van der Waals surface area contributed by atoms with Crippen LogP contribution in [0.1, 0.15) is 30.5 Å². The average Bonchev–Trinajstić information content (AvgIpc) is 3.35. The molecule has 1 heteroatoms. The van der Waals surface area contributed by atoms with Crippen LogP contribution in [0.2, 0.25) is 0 Å². The van der Waals surface area contributed by atoms with E-state index in [2.05, 4.69) is 170 Å². The first-order chi connectivity index (χ1) is 23.5. The zero-order valence-electron chi connectivity index (χ0n) is 27.5. The average molecular weight is 614 g/mol. The Morgan fingerprint density at radius 1 is 0.438 bits per heavy atom. The van der Waals surface area contributed by atoms with Gasteiger partial charge in [-0.25, -0.2) is 0 Å². The van der Waals surface area contributed by atoms with E-state index in [0.29, 0.717) is 0 Å². The van der Waals surface area contributed by atoms with Crippen molar-refractivity contribution in [1.82, 2.24) is 0 Å².